The molecule has 0 spiro atoms. The number of halogens is 1. The third kappa shape index (κ3) is 4.98. The summed E-state index contributed by atoms with van der Waals surface area (Å²) in [5.74, 6) is 0.784. The number of methoxy groups -OCH3 is 1. The SMILES string of the molecule is COCC(CBr)NC(=O)CC1CCCC1. The molecule has 1 unspecified atom stereocenters. The van der Waals surface area contributed by atoms with Gasteiger partial charge in [-0.2, -0.15) is 0 Å². The number of carbonyl (C=O) groups is 1. The van der Waals surface area contributed by atoms with Gasteiger partial charge in [0.15, 0.2) is 0 Å². The third-order valence-electron chi connectivity index (χ3n) is 2.87. The monoisotopic (exact) mass is 277 g/mol. The average molecular weight is 278 g/mol. The van der Waals surface area contributed by atoms with Crippen LogP contribution < -0.4 is 5.32 Å². The largest absolute Gasteiger partial charge is 0.383 e. The molecule has 1 atom stereocenters. The van der Waals surface area contributed by atoms with Gasteiger partial charge >= 0.3 is 0 Å². The van der Waals surface area contributed by atoms with Gasteiger partial charge < -0.3 is 10.1 Å². The van der Waals surface area contributed by atoms with E-state index in [1.54, 1.807) is 7.11 Å². The molecule has 1 aliphatic carbocycles. The maximum Gasteiger partial charge on any atom is 0.220 e. The highest BCUT2D eigenvalue weighted by Crippen LogP contribution is 2.27. The van der Waals surface area contributed by atoms with Crippen LogP contribution in [0.1, 0.15) is 32.1 Å². The lowest BCUT2D eigenvalue weighted by Crippen LogP contribution is -2.39. The van der Waals surface area contributed by atoms with Crippen molar-refractivity contribution in [2.24, 2.45) is 5.92 Å². The normalized spacial score (nSPS) is 19.1. The van der Waals surface area contributed by atoms with E-state index in [1.807, 2.05) is 0 Å². The Morgan fingerprint density at radius 1 is 1.53 bits per heavy atom. The summed E-state index contributed by atoms with van der Waals surface area (Å²) in [6.07, 6.45) is 5.70. The van der Waals surface area contributed by atoms with Gasteiger partial charge in [0.1, 0.15) is 0 Å². The number of carbonyl (C=O) groups excluding carboxylic acids is 1. The highest BCUT2D eigenvalue weighted by molar-refractivity contribution is 9.09. The molecule has 4 heteroatoms. The van der Waals surface area contributed by atoms with Crippen molar-refractivity contribution >= 4 is 21.8 Å². The molecule has 15 heavy (non-hydrogen) atoms. The second kappa shape index (κ2) is 7.23. The predicted octanol–water partition coefficient (Wildman–Crippen LogP) is 2.09. The first-order valence-corrected chi connectivity index (χ1v) is 6.72. The Morgan fingerprint density at radius 2 is 2.20 bits per heavy atom. The molecule has 1 rings (SSSR count). The molecule has 3 nitrogen and oxygen atoms in total. The minimum Gasteiger partial charge on any atom is -0.383 e. The summed E-state index contributed by atoms with van der Waals surface area (Å²) in [7, 11) is 1.65. The van der Waals surface area contributed by atoms with Crippen LogP contribution in [-0.2, 0) is 9.53 Å². The maximum atomic E-state index is 11.7. The molecule has 0 bridgehead atoms. The number of rotatable bonds is 6. The van der Waals surface area contributed by atoms with Crippen molar-refractivity contribution in [3.8, 4) is 0 Å². The van der Waals surface area contributed by atoms with E-state index < -0.39 is 0 Å². The zero-order valence-corrected chi connectivity index (χ0v) is 10.9. The van der Waals surface area contributed by atoms with E-state index in [-0.39, 0.29) is 11.9 Å². The Bertz CT molecular complexity index is 193. The first-order chi connectivity index (χ1) is 7.26. The molecule has 0 heterocycles. The molecule has 1 aliphatic rings. The van der Waals surface area contributed by atoms with Crippen molar-refractivity contribution in [1.29, 1.82) is 0 Å². The van der Waals surface area contributed by atoms with Crippen molar-refractivity contribution < 1.29 is 9.53 Å². The molecular formula is C11H20BrNO2. The van der Waals surface area contributed by atoms with Crippen LogP contribution in [-0.4, -0.2) is 31.0 Å². The minimum absolute atomic E-state index is 0.101. The molecular weight excluding hydrogens is 258 g/mol. The van der Waals surface area contributed by atoms with Gasteiger partial charge in [-0.1, -0.05) is 28.8 Å². The Labute approximate surface area is 100 Å². The zero-order valence-electron chi connectivity index (χ0n) is 9.30. The fraction of sp³-hybridized carbons (Fsp3) is 0.909. The van der Waals surface area contributed by atoms with Crippen molar-refractivity contribution in [1.82, 2.24) is 5.32 Å². The van der Waals surface area contributed by atoms with Gasteiger partial charge in [0.25, 0.3) is 0 Å². The van der Waals surface area contributed by atoms with Crippen LogP contribution in [0.15, 0.2) is 0 Å². The maximum absolute atomic E-state index is 11.7. The Hall–Kier alpha value is -0.0900. The van der Waals surface area contributed by atoms with E-state index in [0.29, 0.717) is 18.9 Å². The Morgan fingerprint density at radius 3 is 2.73 bits per heavy atom. The van der Waals surface area contributed by atoms with Crippen molar-refractivity contribution in [2.45, 2.75) is 38.1 Å². The molecule has 1 saturated carbocycles. The van der Waals surface area contributed by atoms with Gasteiger partial charge in [-0.15, -0.1) is 0 Å². The molecule has 0 radical (unpaired) electrons. The molecule has 0 saturated heterocycles. The number of alkyl halides is 1. The second-order valence-corrected chi connectivity index (χ2v) is 4.88. The van der Waals surface area contributed by atoms with E-state index in [0.717, 1.165) is 5.33 Å². The predicted molar refractivity (Wildman–Crippen MR) is 64.2 cm³/mol. The van der Waals surface area contributed by atoms with Gasteiger partial charge in [0, 0.05) is 18.9 Å². The molecule has 1 N–H and O–H groups in total. The third-order valence-corrected chi connectivity index (χ3v) is 3.65. The van der Waals surface area contributed by atoms with Crippen LogP contribution in [0.25, 0.3) is 0 Å². The lowest BCUT2D eigenvalue weighted by molar-refractivity contribution is -0.122. The molecule has 88 valence electrons. The highest BCUT2D eigenvalue weighted by atomic mass is 79.9. The van der Waals surface area contributed by atoms with Crippen LogP contribution >= 0.6 is 15.9 Å². The van der Waals surface area contributed by atoms with E-state index in [9.17, 15) is 4.79 Å². The molecule has 1 fully saturated rings. The van der Waals surface area contributed by atoms with Gasteiger partial charge in [-0.05, 0) is 18.8 Å². The van der Waals surface area contributed by atoms with Gasteiger partial charge in [0.2, 0.25) is 5.91 Å². The van der Waals surface area contributed by atoms with E-state index >= 15 is 0 Å². The number of ether oxygens (including phenoxy) is 1. The van der Waals surface area contributed by atoms with E-state index in [4.69, 9.17) is 4.74 Å². The molecule has 1 amide bonds. The smallest absolute Gasteiger partial charge is 0.220 e. The summed E-state index contributed by atoms with van der Waals surface area (Å²) in [4.78, 5) is 11.7. The summed E-state index contributed by atoms with van der Waals surface area (Å²) in [6, 6.07) is 0.101. The molecule has 0 aromatic rings. The van der Waals surface area contributed by atoms with Crippen molar-refractivity contribution in [3.05, 3.63) is 0 Å². The lowest BCUT2D eigenvalue weighted by Gasteiger charge is -2.16. The summed E-state index contributed by atoms with van der Waals surface area (Å²) >= 11 is 3.36. The van der Waals surface area contributed by atoms with Crippen LogP contribution in [0.5, 0.6) is 0 Å². The van der Waals surface area contributed by atoms with Crippen LogP contribution in [0.2, 0.25) is 0 Å². The lowest BCUT2D eigenvalue weighted by atomic mass is 10.0. The molecule has 0 aliphatic heterocycles. The fourth-order valence-corrected chi connectivity index (χ4v) is 2.44. The topological polar surface area (TPSA) is 38.3 Å². The number of hydrogen-bond acceptors (Lipinski definition) is 2. The summed E-state index contributed by atoms with van der Waals surface area (Å²) < 4.78 is 5.02. The Kier molecular flexibility index (Phi) is 6.25. The number of nitrogens with one attached hydrogen (secondary N) is 1. The van der Waals surface area contributed by atoms with Crippen LogP contribution in [0.3, 0.4) is 0 Å². The summed E-state index contributed by atoms with van der Waals surface area (Å²) in [5, 5.41) is 3.73. The van der Waals surface area contributed by atoms with E-state index in [1.165, 1.54) is 25.7 Å². The second-order valence-electron chi connectivity index (χ2n) is 4.23. The first kappa shape index (κ1) is 13.0. The van der Waals surface area contributed by atoms with Crippen molar-refractivity contribution in [3.63, 3.8) is 0 Å². The van der Waals surface area contributed by atoms with Crippen molar-refractivity contribution in [2.75, 3.05) is 19.0 Å². The van der Waals surface area contributed by atoms with Gasteiger partial charge in [-0.25, -0.2) is 0 Å². The van der Waals surface area contributed by atoms with Crippen LogP contribution in [0.4, 0.5) is 0 Å². The number of amides is 1. The number of hydrogen-bond donors (Lipinski definition) is 1. The summed E-state index contributed by atoms with van der Waals surface area (Å²) in [5.41, 5.74) is 0. The van der Waals surface area contributed by atoms with E-state index in [2.05, 4.69) is 21.2 Å². The Balaban J connectivity index is 2.20. The molecule has 0 aromatic heterocycles. The van der Waals surface area contributed by atoms with Gasteiger partial charge in [-0.3, -0.25) is 4.79 Å². The molecule has 0 aromatic carbocycles. The fourth-order valence-electron chi connectivity index (χ4n) is 2.09. The minimum atomic E-state index is 0.101. The van der Waals surface area contributed by atoms with Crippen LogP contribution in [0, 0.1) is 5.92 Å². The quantitative estimate of drug-likeness (QED) is 0.756. The van der Waals surface area contributed by atoms with Gasteiger partial charge in [0.05, 0.1) is 12.6 Å². The highest BCUT2D eigenvalue weighted by Gasteiger charge is 2.19. The standard InChI is InChI=1S/C11H20BrNO2/c1-15-8-10(7-12)13-11(14)6-9-4-2-3-5-9/h9-10H,2-8H2,1H3,(H,13,14). The summed E-state index contributed by atoms with van der Waals surface area (Å²) in [6.45, 7) is 0.571. The zero-order chi connectivity index (χ0) is 11.1. The first-order valence-electron chi connectivity index (χ1n) is 5.60. The average Bonchev–Trinajstić information content (AvgIpc) is 2.69.